The summed E-state index contributed by atoms with van der Waals surface area (Å²) in [6.07, 6.45) is 3.85. The van der Waals surface area contributed by atoms with Crippen LogP contribution in [0.5, 0.6) is 0 Å². The van der Waals surface area contributed by atoms with Crippen LogP contribution in [0, 0.1) is 6.92 Å². The molecule has 1 amide bonds. The van der Waals surface area contributed by atoms with Gasteiger partial charge in [0, 0.05) is 24.0 Å². The van der Waals surface area contributed by atoms with Crippen LogP contribution < -0.4 is 9.62 Å². The van der Waals surface area contributed by atoms with Gasteiger partial charge in [-0.2, -0.15) is 0 Å². The molecule has 0 bridgehead atoms. The summed E-state index contributed by atoms with van der Waals surface area (Å²) in [5, 5.41) is 3.58. The zero-order valence-corrected chi connectivity index (χ0v) is 17.2. The first kappa shape index (κ1) is 21.0. The number of hydrogen-bond acceptors (Lipinski definition) is 4. The molecule has 6 nitrogen and oxygen atoms in total. The lowest BCUT2D eigenvalue weighted by Gasteiger charge is -2.29. The molecule has 0 atom stereocenters. The number of carbonyl (C=O) groups is 1. The maximum atomic E-state index is 12.2. The van der Waals surface area contributed by atoms with Crippen molar-refractivity contribution in [1.82, 2.24) is 10.2 Å². The molecule has 1 N–H and O–H groups in total. The van der Waals surface area contributed by atoms with E-state index in [1.165, 1.54) is 10.6 Å². The third-order valence-electron chi connectivity index (χ3n) is 4.76. The van der Waals surface area contributed by atoms with Gasteiger partial charge in [0.05, 0.1) is 11.9 Å². The van der Waals surface area contributed by atoms with Crippen molar-refractivity contribution in [2.24, 2.45) is 0 Å². The highest BCUT2D eigenvalue weighted by atomic mass is 35.5. The lowest BCUT2D eigenvalue weighted by atomic mass is 10.1. The summed E-state index contributed by atoms with van der Waals surface area (Å²) in [4.78, 5) is 14.4. The summed E-state index contributed by atoms with van der Waals surface area (Å²) < 4.78 is 25.7. The van der Waals surface area contributed by atoms with Gasteiger partial charge in [0.15, 0.2) is 0 Å². The summed E-state index contributed by atoms with van der Waals surface area (Å²) in [5.74, 6) is -0.0178. The summed E-state index contributed by atoms with van der Waals surface area (Å²) in [7, 11) is -1.37. The molecule has 1 heterocycles. The van der Waals surface area contributed by atoms with Gasteiger partial charge in [0.2, 0.25) is 15.9 Å². The fourth-order valence-electron chi connectivity index (χ4n) is 3.17. The summed E-state index contributed by atoms with van der Waals surface area (Å²) in [5.41, 5.74) is 1.28. The molecule has 0 radical (unpaired) electrons. The van der Waals surface area contributed by atoms with Gasteiger partial charge in [-0.25, -0.2) is 8.42 Å². The monoisotopic (exact) mass is 401 g/mol. The standard InChI is InChI=1S/C18H28ClN3O3S/c1-14-16(19)6-4-7-17(14)22(26(3,24)25)11-5-8-18(23)20-15-9-12-21(2)13-10-15/h4,6-7,15H,5,8-13H2,1-3H3,(H,20,23). The van der Waals surface area contributed by atoms with Crippen LogP contribution in [0.2, 0.25) is 5.02 Å². The molecule has 0 aromatic heterocycles. The SMILES string of the molecule is Cc1c(Cl)cccc1N(CCCC(=O)NC1CCN(C)CC1)S(C)(=O)=O. The lowest BCUT2D eigenvalue weighted by molar-refractivity contribution is -0.122. The Labute approximate surface area is 161 Å². The fourth-order valence-corrected chi connectivity index (χ4v) is 4.35. The van der Waals surface area contributed by atoms with Crippen LogP contribution in [-0.2, 0) is 14.8 Å². The maximum Gasteiger partial charge on any atom is 0.232 e. The van der Waals surface area contributed by atoms with Crippen LogP contribution in [0.4, 0.5) is 5.69 Å². The molecule has 0 spiro atoms. The van der Waals surface area contributed by atoms with Gasteiger partial charge in [0.1, 0.15) is 0 Å². The number of carbonyl (C=O) groups excluding carboxylic acids is 1. The van der Waals surface area contributed by atoms with Crippen molar-refractivity contribution in [3.8, 4) is 0 Å². The van der Waals surface area contributed by atoms with Gasteiger partial charge in [-0.15, -0.1) is 0 Å². The lowest BCUT2D eigenvalue weighted by Crippen LogP contribution is -2.43. The van der Waals surface area contributed by atoms with E-state index in [-0.39, 0.29) is 18.5 Å². The first-order valence-corrected chi connectivity index (χ1v) is 11.1. The first-order chi connectivity index (χ1) is 12.2. The molecule has 146 valence electrons. The molecule has 0 aliphatic carbocycles. The minimum absolute atomic E-state index is 0.0178. The van der Waals surface area contributed by atoms with Crippen molar-refractivity contribution < 1.29 is 13.2 Å². The van der Waals surface area contributed by atoms with Crippen molar-refractivity contribution in [2.45, 2.75) is 38.6 Å². The number of piperidine rings is 1. The summed E-state index contributed by atoms with van der Waals surface area (Å²) >= 11 is 6.12. The Morgan fingerprint density at radius 3 is 2.62 bits per heavy atom. The number of anilines is 1. The number of nitrogens with one attached hydrogen (secondary N) is 1. The van der Waals surface area contributed by atoms with Gasteiger partial charge < -0.3 is 10.2 Å². The second-order valence-corrected chi connectivity index (χ2v) is 9.28. The van der Waals surface area contributed by atoms with E-state index < -0.39 is 10.0 Å². The normalized spacial score (nSPS) is 16.5. The van der Waals surface area contributed by atoms with Gasteiger partial charge in [0.25, 0.3) is 0 Å². The molecular weight excluding hydrogens is 374 g/mol. The van der Waals surface area contributed by atoms with Crippen LogP contribution in [0.1, 0.15) is 31.2 Å². The topological polar surface area (TPSA) is 69.7 Å². The van der Waals surface area contributed by atoms with E-state index in [1.54, 1.807) is 25.1 Å². The Morgan fingerprint density at radius 2 is 2.00 bits per heavy atom. The molecule has 0 saturated carbocycles. The van der Waals surface area contributed by atoms with Crippen LogP contribution in [-0.4, -0.2) is 58.2 Å². The van der Waals surface area contributed by atoms with Crippen molar-refractivity contribution in [2.75, 3.05) is 37.2 Å². The molecule has 1 aliphatic heterocycles. The van der Waals surface area contributed by atoms with Crippen molar-refractivity contribution in [3.63, 3.8) is 0 Å². The molecule has 1 fully saturated rings. The van der Waals surface area contributed by atoms with Gasteiger partial charge in [-0.05, 0) is 64.0 Å². The average Bonchev–Trinajstić information content (AvgIpc) is 2.56. The zero-order valence-electron chi connectivity index (χ0n) is 15.7. The first-order valence-electron chi connectivity index (χ1n) is 8.89. The largest absolute Gasteiger partial charge is 0.353 e. The molecule has 26 heavy (non-hydrogen) atoms. The molecule has 1 saturated heterocycles. The van der Waals surface area contributed by atoms with E-state index in [4.69, 9.17) is 11.6 Å². The van der Waals surface area contributed by atoms with Crippen molar-refractivity contribution >= 4 is 33.2 Å². The predicted molar refractivity (Wildman–Crippen MR) is 106 cm³/mol. The minimum atomic E-state index is -3.45. The molecule has 0 unspecified atom stereocenters. The Morgan fingerprint density at radius 1 is 1.35 bits per heavy atom. The van der Waals surface area contributed by atoms with Crippen molar-refractivity contribution in [3.05, 3.63) is 28.8 Å². The Bertz CT molecular complexity index is 731. The van der Waals surface area contributed by atoms with Gasteiger partial charge in [-0.1, -0.05) is 17.7 Å². The Hall–Kier alpha value is -1.31. The number of halogens is 1. The number of benzene rings is 1. The van der Waals surface area contributed by atoms with E-state index in [0.29, 0.717) is 23.6 Å². The second kappa shape index (κ2) is 9.06. The van der Waals surface area contributed by atoms with Gasteiger partial charge in [-0.3, -0.25) is 9.10 Å². The van der Waals surface area contributed by atoms with Gasteiger partial charge >= 0.3 is 0 Å². The highest BCUT2D eigenvalue weighted by molar-refractivity contribution is 7.92. The number of hydrogen-bond donors (Lipinski definition) is 1. The predicted octanol–water partition coefficient (Wildman–Crippen LogP) is 2.41. The van der Waals surface area contributed by atoms with E-state index in [0.717, 1.165) is 31.5 Å². The van der Waals surface area contributed by atoms with Crippen LogP contribution in [0.25, 0.3) is 0 Å². The number of nitrogens with zero attached hydrogens (tertiary/aromatic N) is 2. The average molecular weight is 402 g/mol. The van der Waals surface area contributed by atoms with E-state index in [1.807, 2.05) is 0 Å². The maximum absolute atomic E-state index is 12.2. The molecule has 8 heteroatoms. The minimum Gasteiger partial charge on any atom is -0.353 e. The number of likely N-dealkylation sites (tertiary alicyclic amines) is 1. The third kappa shape index (κ3) is 5.86. The highest BCUT2D eigenvalue weighted by Crippen LogP contribution is 2.28. The molecule has 1 aromatic rings. The highest BCUT2D eigenvalue weighted by Gasteiger charge is 2.21. The fraction of sp³-hybridized carbons (Fsp3) is 0.611. The summed E-state index contributed by atoms with van der Waals surface area (Å²) in [6.45, 7) is 4.02. The number of rotatable bonds is 7. The van der Waals surface area contributed by atoms with Crippen LogP contribution >= 0.6 is 11.6 Å². The van der Waals surface area contributed by atoms with E-state index in [2.05, 4.69) is 17.3 Å². The molecular formula is C18H28ClN3O3S. The van der Waals surface area contributed by atoms with E-state index in [9.17, 15) is 13.2 Å². The molecule has 2 rings (SSSR count). The van der Waals surface area contributed by atoms with E-state index >= 15 is 0 Å². The molecule has 1 aromatic carbocycles. The smallest absolute Gasteiger partial charge is 0.232 e. The Kier molecular flexibility index (Phi) is 7.32. The van der Waals surface area contributed by atoms with Crippen molar-refractivity contribution in [1.29, 1.82) is 0 Å². The number of amides is 1. The second-order valence-electron chi connectivity index (χ2n) is 6.97. The summed E-state index contributed by atoms with van der Waals surface area (Å²) in [6, 6.07) is 5.42. The molecule has 1 aliphatic rings. The third-order valence-corrected chi connectivity index (χ3v) is 6.35. The number of sulfonamides is 1. The zero-order chi connectivity index (χ0) is 19.3. The Balaban J connectivity index is 1.92. The quantitative estimate of drug-likeness (QED) is 0.761. The van der Waals surface area contributed by atoms with Crippen LogP contribution in [0.3, 0.4) is 0 Å². The van der Waals surface area contributed by atoms with Crippen LogP contribution in [0.15, 0.2) is 18.2 Å².